The van der Waals surface area contributed by atoms with Crippen molar-refractivity contribution < 1.29 is 4.74 Å². The van der Waals surface area contributed by atoms with Crippen LogP contribution >= 0.6 is 15.9 Å². The minimum atomic E-state index is 0.559. The number of ether oxygens (including phenoxy) is 1. The molecule has 15 heavy (non-hydrogen) atoms. The highest BCUT2D eigenvalue weighted by molar-refractivity contribution is 9.10. The number of pyridine rings is 1. The average Bonchev–Trinajstić information content (AvgIpc) is 2.61. The number of aromatic nitrogens is 1. The first-order chi connectivity index (χ1) is 7.25. The van der Waals surface area contributed by atoms with E-state index in [-0.39, 0.29) is 0 Å². The summed E-state index contributed by atoms with van der Waals surface area (Å²) in [6, 6.07) is 2.51. The van der Waals surface area contributed by atoms with Gasteiger partial charge in [0.2, 0.25) is 0 Å². The Morgan fingerprint density at radius 2 is 2.47 bits per heavy atom. The van der Waals surface area contributed by atoms with Gasteiger partial charge in [-0.25, -0.2) is 0 Å². The topological polar surface area (TPSA) is 25.4 Å². The van der Waals surface area contributed by atoms with Crippen molar-refractivity contribution in [2.45, 2.75) is 18.9 Å². The molecule has 0 radical (unpaired) electrons. The van der Waals surface area contributed by atoms with Gasteiger partial charge in [-0.05, 0) is 48.4 Å². The summed E-state index contributed by atoms with van der Waals surface area (Å²) in [5, 5.41) is 0. The van der Waals surface area contributed by atoms with E-state index in [0.29, 0.717) is 6.04 Å². The predicted octanol–water partition coefficient (Wildman–Crippen LogP) is 2.32. The number of rotatable bonds is 3. The Morgan fingerprint density at radius 3 is 3.13 bits per heavy atom. The van der Waals surface area contributed by atoms with Crippen LogP contribution in [0.4, 0.5) is 0 Å². The fourth-order valence-electron chi connectivity index (χ4n) is 1.85. The van der Waals surface area contributed by atoms with Crippen molar-refractivity contribution in [2.75, 3.05) is 20.2 Å². The molecule has 0 amide bonds. The third-order valence-electron chi connectivity index (χ3n) is 2.79. The fraction of sp³-hybridized carbons (Fsp3) is 0.545. The normalized spacial score (nSPS) is 21.9. The zero-order chi connectivity index (χ0) is 10.7. The number of likely N-dealkylation sites (tertiary alicyclic amines) is 1. The number of hydrogen-bond donors (Lipinski definition) is 0. The van der Waals surface area contributed by atoms with Crippen LogP contribution in [0.1, 0.15) is 12.8 Å². The molecule has 3 nitrogen and oxygen atoms in total. The van der Waals surface area contributed by atoms with Crippen LogP contribution < -0.4 is 4.74 Å². The van der Waals surface area contributed by atoms with E-state index in [2.05, 4.69) is 32.9 Å². The maximum atomic E-state index is 5.71. The summed E-state index contributed by atoms with van der Waals surface area (Å²) < 4.78 is 6.67. The zero-order valence-electron chi connectivity index (χ0n) is 8.82. The Bertz CT molecular complexity index is 332. The molecular formula is C11H15BrN2O. The van der Waals surface area contributed by atoms with Gasteiger partial charge < -0.3 is 9.64 Å². The lowest BCUT2D eigenvalue weighted by Crippen LogP contribution is -2.30. The first-order valence-corrected chi connectivity index (χ1v) is 5.98. The third-order valence-corrected chi connectivity index (χ3v) is 3.23. The summed E-state index contributed by atoms with van der Waals surface area (Å²) in [5.41, 5.74) is 0. The van der Waals surface area contributed by atoms with Crippen molar-refractivity contribution in [2.24, 2.45) is 0 Å². The van der Waals surface area contributed by atoms with Gasteiger partial charge in [0, 0.05) is 16.7 Å². The molecule has 1 aromatic rings. The number of halogens is 1. The molecule has 82 valence electrons. The van der Waals surface area contributed by atoms with Gasteiger partial charge >= 0.3 is 0 Å². The van der Waals surface area contributed by atoms with E-state index in [0.717, 1.165) is 16.8 Å². The van der Waals surface area contributed by atoms with E-state index in [1.54, 1.807) is 12.4 Å². The summed E-state index contributed by atoms with van der Waals surface area (Å²) in [4.78, 5) is 6.42. The minimum absolute atomic E-state index is 0.559. The number of nitrogens with zero attached hydrogens (tertiary/aromatic N) is 2. The molecule has 0 spiro atoms. The summed E-state index contributed by atoms with van der Waals surface area (Å²) >= 11 is 3.37. The highest BCUT2D eigenvalue weighted by Crippen LogP contribution is 2.19. The van der Waals surface area contributed by atoms with Crippen LogP contribution in [0.5, 0.6) is 5.75 Å². The second kappa shape index (κ2) is 4.94. The molecule has 2 rings (SSSR count). The molecular weight excluding hydrogens is 256 g/mol. The van der Waals surface area contributed by atoms with E-state index >= 15 is 0 Å². The van der Waals surface area contributed by atoms with E-state index in [1.807, 2.05) is 6.07 Å². The van der Waals surface area contributed by atoms with Crippen LogP contribution in [0.2, 0.25) is 0 Å². The molecule has 1 atom stereocenters. The van der Waals surface area contributed by atoms with Crippen molar-refractivity contribution in [3.63, 3.8) is 0 Å². The van der Waals surface area contributed by atoms with Crippen LogP contribution in [0.25, 0.3) is 0 Å². The van der Waals surface area contributed by atoms with Gasteiger partial charge in [-0.15, -0.1) is 0 Å². The SMILES string of the molecule is CN1CCC[C@@H]1COc1cncc(Br)c1. The van der Waals surface area contributed by atoms with Crippen LogP contribution in [0, 0.1) is 0 Å². The average molecular weight is 271 g/mol. The summed E-state index contributed by atoms with van der Waals surface area (Å²) in [6.45, 7) is 1.94. The molecule has 1 fully saturated rings. The van der Waals surface area contributed by atoms with Crippen molar-refractivity contribution in [1.29, 1.82) is 0 Å². The van der Waals surface area contributed by atoms with Crippen molar-refractivity contribution in [3.8, 4) is 5.75 Å². The van der Waals surface area contributed by atoms with Crippen LogP contribution in [-0.4, -0.2) is 36.1 Å². The molecule has 0 unspecified atom stereocenters. The Morgan fingerprint density at radius 1 is 1.60 bits per heavy atom. The summed E-state index contributed by atoms with van der Waals surface area (Å²) in [5.74, 6) is 0.838. The standard InChI is InChI=1S/C11H15BrN2O/c1-14-4-2-3-10(14)8-15-11-5-9(12)6-13-7-11/h5-7,10H,2-4,8H2,1H3/t10-/m1/s1. The molecule has 1 aliphatic heterocycles. The van der Waals surface area contributed by atoms with Crippen LogP contribution in [-0.2, 0) is 0 Å². The molecule has 4 heteroatoms. The first-order valence-electron chi connectivity index (χ1n) is 5.19. The maximum absolute atomic E-state index is 5.71. The molecule has 0 saturated carbocycles. The summed E-state index contributed by atoms with van der Waals surface area (Å²) in [6.07, 6.45) is 6.02. The van der Waals surface area contributed by atoms with Crippen LogP contribution in [0.15, 0.2) is 22.9 Å². The second-order valence-corrected chi connectivity index (χ2v) is 4.84. The lowest BCUT2D eigenvalue weighted by atomic mass is 10.2. The monoisotopic (exact) mass is 270 g/mol. The molecule has 1 aromatic heterocycles. The van der Waals surface area contributed by atoms with Crippen molar-refractivity contribution in [1.82, 2.24) is 9.88 Å². The molecule has 0 N–H and O–H groups in total. The zero-order valence-corrected chi connectivity index (χ0v) is 10.4. The Hall–Kier alpha value is -0.610. The highest BCUT2D eigenvalue weighted by atomic mass is 79.9. The van der Waals surface area contributed by atoms with E-state index in [4.69, 9.17) is 4.74 Å². The maximum Gasteiger partial charge on any atom is 0.138 e. The largest absolute Gasteiger partial charge is 0.490 e. The molecule has 1 saturated heterocycles. The lowest BCUT2D eigenvalue weighted by molar-refractivity contribution is 0.198. The van der Waals surface area contributed by atoms with Crippen LogP contribution in [0.3, 0.4) is 0 Å². The van der Waals surface area contributed by atoms with Gasteiger partial charge in [-0.3, -0.25) is 4.98 Å². The quantitative estimate of drug-likeness (QED) is 0.843. The van der Waals surface area contributed by atoms with Gasteiger partial charge in [0.25, 0.3) is 0 Å². The fourth-order valence-corrected chi connectivity index (χ4v) is 2.20. The third kappa shape index (κ3) is 2.92. The van der Waals surface area contributed by atoms with E-state index in [9.17, 15) is 0 Å². The Labute approximate surface area is 98.6 Å². The van der Waals surface area contributed by atoms with Gasteiger partial charge in [0.05, 0.1) is 6.20 Å². The first kappa shape index (κ1) is 10.9. The van der Waals surface area contributed by atoms with Gasteiger partial charge in [-0.1, -0.05) is 0 Å². The second-order valence-electron chi connectivity index (χ2n) is 3.93. The lowest BCUT2D eigenvalue weighted by Gasteiger charge is -2.19. The van der Waals surface area contributed by atoms with Crippen molar-refractivity contribution >= 4 is 15.9 Å². The van der Waals surface area contributed by atoms with Gasteiger partial charge in [-0.2, -0.15) is 0 Å². The van der Waals surface area contributed by atoms with E-state index < -0.39 is 0 Å². The molecule has 0 bridgehead atoms. The number of hydrogen-bond acceptors (Lipinski definition) is 3. The number of likely N-dealkylation sites (N-methyl/N-ethyl adjacent to an activating group) is 1. The molecule has 2 heterocycles. The smallest absolute Gasteiger partial charge is 0.138 e. The van der Waals surface area contributed by atoms with Gasteiger partial charge in [0.1, 0.15) is 12.4 Å². The van der Waals surface area contributed by atoms with E-state index in [1.165, 1.54) is 19.4 Å². The summed E-state index contributed by atoms with van der Waals surface area (Å²) in [7, 11) is 2.15. The molecule has 1 aliphatic rings. The molecule has 0 aliphatic carbocycles. The van der Waals surface area contributed by atoms with Crippen molar-refractivity contribution in [3.05, 3.63) is 22.9 Å². The highest BCUT2D eigenvalue weighted by Gasteiger charge is 2.21. The molecule has 0 aromatic carbocycles. The Kier molecular flexibility index (Phi) is 3.59. The predicted molar refractivity (Wildman–Crippen MR) is 63.1 cm³/mol. The Balaban J connectivity index is 1.87. The minimum Gasteiger partial charge on any atom is -0.490 e. The van der Waals surface area contributed by atoms with Gasteiger partial charge in [0.15, 0.2) is 0 Å².